The molecule has 0 radical (unpaired) electrons. The van der Waals surface area contributed by atoms with E-state index in [4.69, 9.17) is 14.2 Å². The Kier molecular flexibility index (Phi) is 66.1. The van der Waals surface area contributed by atoms with Crippen molar-refractivity contribution in [3.8, 4) is 0 Å². The molecule has 0 aromatic rings. The monoisotopic (exact) mass is 1120 g/mol. The number of esters is 3. The van der Waals surface area contributed by atoms with Crippen molar-refractivity contribution in [3.05, 3.63) is 60.8 Å². The van der Waals surface area contributed by atoms with Gasteiger partial charge in [-0.1, -0.05) is 332 Å². The fourth-order valence-corrected chi connectivity index (χ4v) is 10.5. The summed E-state index contributed by atoms with van der Waals surface area (Å²) in [5.41, 5.74) is 0. The summed E-state index contributed by atoms with van der Waals surface area (Å²) in [5, 5.41) is 0. The minimum absolute atomic E-state index is 0.0721. The predicted octanol–water partition coefficient (Wildman–Crippen LogP) is 24.3. The zero-order chi connectivity index (χ0) is 57.8. The van der Waals surface area contributed by atoms with Crippen molar-refractivity contribution in [2.75, 3.05) is 13.2 Å². The van der Waals surface area contributed by atoms with Crippen LogP contribution in [0.2, 0.25) is 0 Å². The predicted molar refractivity (Wildman–Crippen MR) is 348 cm³/mol. The second kappa shape index (κ2) is 68.6. The van der Waals surface area contributed by atoms with E-state index >= 15 is 0 Å². The van der Waals surface area contributed by atoms with Crippen LogP contribution in [0.1, 0.15) is 374 Å². The highest BCUT2D eigenvalue weighted by Crippen LogP contribution is 2.18. The Morgan fingerprint density at radius 1 is 0.263 bits per heavy atom. The molecule has 0 spiro atoms. The van der Waals surface area contributed by atoms with Crippen LogP contribution in [0.4, 0.5) is 0 Å². The van der Waals surface area contributed by atoms with E-state index in [1.165, 1.54) is 250 Å². The summed E-state index contributed by atoms with van der Waals surface area (Å²) in [6.07, 6.45) is 88.1. The smallest absolute Gasteiger partial charge is 0.306 e. The quantitative estimate of drug-likeness (QED) is 0.0261. The van der Waals surface area contributed by atoms with Crippen LogP contribution in [0.15, 0.2) is 60.8 Å². The average molecular weight is 1120 g/mol. The van der Waals surface area contributed by atoms with Gasteiger partial charge in [0, 0.05) is 19.3 Å². The molecule has 466 valence electrons. The van der Waals surface area contributed by atoms with Crippen LogP contribution in [0, 0.1) is 0 Å². The second-order valence-electron chi connectivity index (χ2n) is 23.8. The maximum absolute atomic E-state index is 13.0. The molecule has 0 bridgehead atoms. The summed E-state index contributed by atoms with van der Waals surface area (Å²) in [6.45, 7) is 6.59. The summed E-state index contributed by atoms with van der Waals surface area (Å²) in [4.78, 5) is 38.5. The van der Waals surface area contributed by atoms with Crippen LogP contribution < -0.4 is 0 Å². The lowest BCUT2D eigenvalue weighted by atomic mass is 10.0. The van der Waals surface area contributed by atoms with Gasteiger partial charge in [-0.15, -0.1) is 0 Å². The van der Waals surface area contributed by atoms with Crippen molar-refractivity contribution < 1.29 is 28.6 Å². The lowest BCUT2D eigenvalue weighted by molar-refractivity contribution is -0.167. The first kappa shape index (κ1) is 77.1. The van der Waals surface area contributed by atoms with E-state index < -0.39 is 6.10 Å². The number of carbonyl (C=O) groups excluding carboxylic acids is 3. The Morgan fingerprint density at radius 2 is 0.487 bits per heavy atom. The summed E-state index contributed by atoms with van der Waals surface area (Å²) in [6, 6.07) is 0. The molecule has 0 aliphatic heterocycles. The first-order valence-electron chi connectivity index (χ1n) is 35.3. The Bertz CT molecular complexity index is 1430. The van der Waals surface area contributed by atoms with E-state index in [2.05, 4.69) is 81.5 Å². The van der Waals surface area contributed by atoms with Crippen LogP contribution in [-0.2, 0) is 28.6 Å². The van der Waals surface area contributed by atoms with Gasteiger partial charge in [0.15, 0.2) is 6.10 Å². The van der Waals surface area contributed by atoms with Gasteiger partial charge in [0.1, 0.15) is 13.2 Å². The Balaban J connectivity index is 4.34. The topological polar surface area (TPSA) is 78.9 Å². The van der Waals surface area contributed by atoms with Gasteiger partial charge in [-0.05, 0) is 83.5 Å². The Morgan fingerprint density at radius 3 is 0.775 bits per heavy atom. The van der Waals surface area contributed by atoms with Crippen molar-refractivity contribution in [1.82, 2.24) is 0 Å². The van der Waals surface area contributed by atoms with Crippen LogP contribution in [0.5, 0.6) is 0 Å². The van der Waals surface area contributed by atoms with E-state index in [0.29, 0.717) is 19.3 Å². The lowest BCUT2D eigenvalue weighted by Crippen LogP contribution is -2.30. The molecule has 0 N–H and O–H groups in total. The van der Waals surface area contributed by atoms with Crippen molar-refractivity contribution in [2.24, 2.45) is 0 Å². The summed E-state index contributed by atoms with van der Waals surface area (Å²) in [7, 11) is 0. The van der Waals surface area contributed by atoms with Gasteiger partial charge < -0.3 is 14.2 Å². The Labute approximate surface area is 498 Å². The molecule has 0 amide bonds. The van der Waals surface area contributed by atoms with Crippen LogP contribution >= 0.6 is 0 Å². The molecular weight excluding hydrogens is 985 g/mol. The maximum Gasteiger partial charge on any atom is 0.306 e. The van der Waals surface area contributed by atoms with Crippen LogP contribution in [-0.4, -0.2) is 37.2 Å². The highest BCUT2D eigenvalue weighted by Gasteiger charge is 2.19. The number of hydrogen-bond donors (Lipinski definition) is 0. The molecule has 0 aliphatic carbocycles. The molecule has 0 fully saturated rings. The minimum Gasteiger partial charge on any atom is -0.462 e. The van der Waals surface area contributed by atoms with Gasteiger partial charge in [-0.25, -0.2) is 0 Å². The minimum atomic E-state index is -0.776. The second-order valence-corrected chi connectivity index (χ2v) is 23.8. The molecule has 0 aromatic heterocycles. The van der Waals surface area contributed by atoms with E-state index in [1.54, 1.807) is 0 Å². The van der Waals surface area contributed by atoms with Gasteiger partial charge in [0.2, 0.25) is 0 Å². The molecular formula is C74H134O6. The molecule has 0 saturated carbocycles. The Hall–Kier alpha value is -2.89. The third-order valence-corrected chi connectivity index (χ3v) is 15.8. The summed E-state index contributed by atoms with van der Waals surface area (Å²) < 4.78 is 17.0. The zero-order valence-electron chi connectivity index (χ0n) is 53.6. The number of ether oxygens (including phenoxy) is 3. The van der Waals surface area contributed by atoms with Gasteiger partial charge in [-0.3, -0.25) is 14.4 Å². The number of unbranched alkanes of at least 4 members (excludes halogenated alkanes) is 44. The highest BCUT2D eigenvalue weighted by molar-refractivity contribution is 5.71. The fourth-order valence-electron chi connectivity index (χ4n) is 10.5. The van der Waals surface area contributed by atoms with E-state index in [1.807, 2.05) is 0 Å². The molecule has 1 unspecified atom stereocenters. The standard InChI is InChI=1S/C74H134O6/c1-4-7-10-13-16-19-22-25-28-31-34-36-37-38-41-43-46-49-52-55-58-61-64-67-73(76)79-70-71(69-78-72(75)66-63-60-57-54-51-48-45-42-39-33-30-27-24-21-18-15-12-9-6-3)80-74(77)68-65-62-59-56-53-50-47-44-40-35-32-29-26-23-20-17-14-11-8-5-2/h7,10,16,19,25,27-28,30,34,36,71H,4-6,8-9,11-15,17-18,20-24,26,29,31-33,35,37-70H2,1-3H3/b10-7-,19-16-,28-25-,30-27-,36-34-. The average Bonchev–Trinajstić information content (AvgIpc) is 3.46. The number of rotatable bonds is 65. The van der Waals surface area contributed by atoms with Gasteiger partial charge in [0.05, 0.1) is 0 Å². The van der Waals surface area contributed by atoms with E-state index in [0.717, 1.165) is 83.5 Å². The summed E-state index contributed by atoms with van der Waals surface area (Å²) >= 11 is 0. The molecule has 0 saturated heterocycles. The van der Waals surface area contributed by atoms with Gasteiger partial charge in [0.25, 0.3) is 0 Å². The normalized spacial score (nSPS) is 12.4. The SMILES string of the molecule is CC/C=C\C/C=C\C/C=C\C/C=C\CCCCCCCCCCCCC(=O)OCC(COC(=O)CCCCCCCCCCC/C=C\CCCCCCCC)OC(=O)CCCCCCCCCCCCCCCCCCCCCC. The van der Waals surface area contributed by atoms with Gasteiger partial charge >= 0.3 is 17.9 Å². The molecule has 0 rings (SSSR count). The number of hydrogen-bond acceptors (Lipinski definition) is 6. The van der Waals surface area contributed by atoms with Crippen LogP contribution in [0.25, 0.3) is 0 Å². The zero-order valence-corrected chi connectivity index (χ0v) is 53.6. The molecule has 80 heavy (non-hydrogen) atoms. The van der Waals surface area contributed by atoms with Crippen molar-refractivity contribution in [2.45, 2.75) is 380 Å². The molecule has 0 aliphatic rings. The molecule has 0 aromatic carbocycles. The third-order valence-electron chi connectivity index (χ3n) is 15.8. The molecule has 6 nitrogen and oxygen atoms in total. The number of carbonyl (C=O) groups is 3. The first-order valence-corrected chi connectivity index (χ1v) is 35.3. The fraction of sp³-hybridized carbons (Fsp3) is 0.824. The lowest BCUT2D eigenvalue weighted by Gasteiger charge is -2.18. The van der Waals surface area contributed by atoms with E-state index in [-0.39, 0.29) is 31.1 Å². The maximum atomic E-state index is 13.0. The third kappa shape index (κ3) is 65.9. The number of allylic oxidation sites excluding steroid dienone is 10. The van der Waals surface area contributed by atoms with Crippen molar-refractivity contribution >= 4 is 17.9 Å². The molecule has 0 heterocycles. The van der Waals surface area contributed by atoms with Gasteiger partial charge in [-0.2, -0.15) is 0 Å². The highest BCUT2D eigenvalue weighted by atomic mass is 16.6. The van der Waals surface area contributed by atoms with E-state index in [9.17, 15) is 14.4 Å². The largest absolute Gasteiger partial charge is 0.462 e. The van der Waals surface area contributed by atoms with Crippen LogP contribution in [0.3, 0.4) is 0 Å². The first-order chi connectivity index (χ1) is 39.5. The molecule has 6 heteroatoms. The van der Waals surface area contributed by atoms with Crippen molar-refractivity contribution in [3.63, 3.8) is 0 Å². The summed E-state index contributed by atoms with van der Waals surface area (Å²) in [5.74, 6) is -0.852. The molecule has 1 atom stereocenters. The van der Waals surface area contributed by atoms with Crippen molar-refractivity contribution in [1.29, 1.82) is 0 Å².